The molecule has 0 aliphatic heterocycles. The van der Waals surface area contributed by atoms with Gasteiger partial charge in [0.05, 0.1) is 18.1 Å². The summed E-state index contributed by atoms with van der Waals surface area (Å²) in [4.78, 5) is 7.82. The lowest BCUT2D eigenvalue weighted by molar-refractivity contribution is 0.603. The second-order valence-electron chi connectivity index (χ2n) is 2.76. The first-order chi connectivity index (χ1) is 6.47. The van der Waals surface area contributed by atoms with Crippen LogP contribution in [0.5, 0.6) is 0 Å². The van der Waals surface area contributed by atoms with Gasteiger partial charge in [-0.2, -0.15) is 0 Å². The molecule has 2 N–H and O–H groups in total. The average Bonchev–Trinajstić information content (AvgIpc) is 2.01. The maximum absolute atomic E-state index is 10.8. The molecule has 1 aromatic rings. The molecule has 1 rings (SSSR count). The van der Waals surface area contributed by atoms with Crippen LogP contribution in [0.1, 0.15) is 0 Å². The Hall–Kier alpha value is -0.820. The maximum atomic E-state index is 10.8. The minimum absolute atomic E-state index is 0.133. The fourth-order valence-corrected chi connectivity index (χ4v) is 2.79. The van der Waals surface area contributed by atoms with Gasteiger partial charge < -0.3 is 5.73 Å². The molecular formula is C7H11N3O2S2. The van der Waals surface area contributed by atoms with Crippen molar-refractivity contribution in [2.24, 2.45) is 0 Å². The molecule has 0 unspecified atom stereocenters. The minimum atomic E-state index is -2.90. The maximum Gasteiger partial charge on any atom is 0.148 e. The molecule has 5 nitrogen and oxygen atoms in total. The quantitative estimate of drug-likeness (QED) is 0.747. The largest absolute Gasteiger partial charge is 0.382 e. The number of thioether (sulfide) groups is 1. The highest BCUT2D eigenvalue weighted by atomic mass is 32.2. The van der Waals surface area contributed by atoms with Crippen molar-refractivity contribution in [3.63, 3.8) is 0 Å². The molecule has 0 aromatic carbocycles. The number of anilines is 1. The first kappa shape index (κ1) is 11.3. The summed E-state index contributed by atoms with van der Waals surface area (Å²) in [6.07, 6.45) is 4.21. The summed E-state index contributed by atoms with van der Waals surface area (Å²) in [5.41, 5.74) is 5.41. The summed E-state index contributed by atoms with van der Waals surface area (Å²) < 4.78 is 21.6. The van der Waals surface area contributed by atoms with E-state index in [0.717, 1.165) is 0 Å². The van der Waals surface area contributed by atoms with E-state index in [2.05, 4.69) is 9.97 Å². The van der Waals surface area contributed by atoms with E-state index in [4.69, 9.17) is 5.73 Å². The Labute approximate surface area is 87.1 Å². The number of sulfone groups is 1. The molecule has 0 spiro atoms. The van der Waals surface area contributed by atoms with Crippen LogP contribution in [0.2, 0.25) is 0 Å². The van der Waals surface area contributed by atoms with Gasteiger partial charge in [-0.15, -0.1) is 11.8 Å². The van der Waals surface area contributed by atoms with Crippen LogP contribution in [0.25, 0.3) is 0 Å². The zero-order valence-electron chi connectivity index (χ0n) is 7.67. The highest BCUT2D eigenvalue weighted by Gasteiger charge is 2.03. The van der Waals surface area contributed by atoms with E-state index in [-0.39, 0.29) is 5.75 Å². The van der Waals surface area contributed by atoms with E-state index in [1.165, 1.54) is 24.2 Å². The molecule has 78 valence electrons. The van der Waals surface area contributed by atoms with Crippen molar-refractivity contribution in [3.05, 3.63) is 12.4 Å². The van der Waals surface area contributed by atoms with Gasteiger partial charge in [0.15, 0.2) is 0 Å². The Morgan fingerprint density at radius 2 is 2.21 bits per heavy atom. The number of nitrogen functional groups attached to an aromatic ring is 1. The van der Waals surface area contributed by atoms with Gasteiger partial charge in [0.1, 0.15) is 20.7 Å². The van der Waals surface area contributed by atoms with Crippen LogP contribution < -0.4 is 5.73 Å². The van der Waals surface area contributed by atoms with Crippen LogP contribution in [-0.4, -0.2) is 36.1 Å². The highest BCUT2D eigenvalue weighted by Crippen LogP contribution is 2.14. The van der Waals surface area contributed by atoms with Crippen molar-refractivity contribution in [3.8, 4) is 0 Å². The van der Waals surface area contributed by atoms with Crippen LogP contribution in [-0.2, 0) is 9.84 Å². The Kier molecular flexibility index (Phi) is 3.70. The minimum Gasteiger partial charge on any atom is -0.382 e. The summed E-state index contributed by atoms with van der Waals surface area (Å²) in [7, 11) is -2.90. The summed E-state index contributed by atoms with van der Waals surface area (Å²) >= 11 is 1.33. The van der Waals surface area contributed by atoms with Crippen LogP contribution >= 0.6 is 11.8 Å². The third kappa shape index (κ3) is 4.43. The zero-order valence-corrected chi connectivity index (χ0v) is 9.31. The van der Waals surface area contributed by atoms with Crippen LogP contribution in [0.15, 0.2) is 17.4 Å². The third-order valence-electron chi connectivity index (χ3n) is 1.34. The number of rotatable bonds is 4. The summed E-state index contributed by atoms with van der Waals surface area (Å²) in [5, 5.41) is 0.647. The fourth-order valence-electron chi connectivity index (χ4n) is 0.730. The number of nitrogens with two attached hydrogens (primary N) is 1. The van der Waals surface area contributed by atoms with Crippen molar-refractivity contribution in [1.29, 1.82) is 0 Å². The van der Waals surface area contributed by atoms with Gasteiger partial charge in [0.2, 0.25) is 0 Å². The lowest BCUT2D eigenvalue weighted by atomic mass is 10.7. The number of hydrogen-bond acceptors (Lipinski definition) is 6. The van der Waals surface area contributed by atoms with E-state index in [0.29, 0.717) is 16.6 Å². The molecule has 0 aliphatic carbocycles. The van der Waals surface area contributed by atoms with Crippen molar-refractivity contribution < 1.29 is 8.42 Å². The molecule has 0 saturated carbocycles. The van der Waals surface area contributed by atoms with E-state index < -0.39 is 9.84 Å². The molecule has 0 fully saturated rings. The molecule has 1 heterocycles. The van der Waals surface area contributed by atoms with Gasteiger partial charge >= 0.3 is 0 Å². The van der Waals surface area contributed by atoms with Crippen molar-refractivity contribution >= 4 is 27.4 Å². The van der Waals surface area contributed by atoms with Crippen molar-refractivity contribution in [2.75, 3.05) is 23.5 Å². The van der Waals surface area contributed by atoms with Gasteiger partial charge in [-0.25, -0.2) is 13.4 Å². The standard InChI is InChI=1S/C7H11N3O2S2/c1-14(11,12)3-2-13-7-5-9-4-6(8)10-7/h4-5H,2-3H2,1H3,(H2,8,10). The van der Waals surface area contributed by atoms with Crippen molar-refractivity contribution in [1.82, 2.24) is 9.97 Å². The molecule has 0 aliphatic rings. The first-order valence-electron chi connectivity index (χ1n) is 3.85. The molecule has 0 bridgehead atoms. The third-order valence-corrected chi connectivity index (χ3v) is 3.44. The number of aromatic nitrogens is 2. The van der Waals surface area contributed by atoms with Crippen LogP contribution in [0.4, 0.5) is 5.82 Å². The summed E-state index contributed by atoms with van der Waals surface area (Å²) in [5.74, 6) is 0.944. The van der Waals surface area contributed by atoms with E-state index >= 15 is 0 Å². The summed E-state index contributed by atoms with van der Waals surface area (Å²) in [6, 6.07) is 0. The Bertz CT molecular complexity index is 405. The topological polar surface area (TPSA) is 85.9 Å². The SMILES string of the molecule is CS(=O)(=O)CCSc1cncc(N)n1. The normalized spacial score (nSPS) is 11.5. The molecule has 0 radical (unpaired) electrons. The lowest BCUT2D eigenvalue weighted by Gasteiger charge is -1.99. The number of nitrogens with zero attached hydrogens (tertiary/aromatic N) is 2. The number of hydrogen-bond donors (Lipinski definition) is 1. The van der Waals surface area contributed by atoms with E-state index in [1.807, 2.05) is 0 Å². The van der Waals surface area contributed by atoms with E-state index in [9.17, 15) is 8.42 Å². The van der Waals surface area contributed by atoms with Gasteiger partial charge in [0, 0.05) is 12.0 Å². The highest BCUT2D eigenvalue weighted by molar-refractivity contribution is 8.00. The van der Waals surface area contributed by atoms with E-state index in [1.54, 1.807) is 6.20 Å². The second-order valence-corrected chi connectivity index (χ2v) is 6.14. The van der Waals surface area contributed by atoms with Gasteiger partial charge in [-0.1, -0.05) is 0 Å². The first-order valence-corrected chi connectivity index (χ1v) is 6.90. The second kappa shape index (κ2) is 4.61. The zero-order chi connectivity index (χ0) is 10.6. The Balaban J connectivity index is 2.47. The molecule has 0 amide bonds. The monoisotopic (exact) mass is 233 g/mol. The molecule has 1 aromatic heterocycles. The smallest absolute Gasteiger partial charge is 0.148 e. The molecule has 14 heavy (non-hydrogen) atoms. The molecular weight excluding hydrogens is 222 g/mol. The molecule has 7 heteroatoms. The fraction of sp³-hybridized carbons (Fsp3) is 0.429. The predicted octanol–water partition coefficient (Wildman–Crippen LogP) is 0.195. The molecule has 0 atom stereocenters. The van der Waals surface area contributed by atoms with Crippen molar-refractivity contribution in [2.45, 2.75) is 5.03 Å². The van der Waals surface area contributed by atoms with Gasteiger partial charge in [-0.05, 0) is 0 Å². The van der Waals surface area contributed by atoms with Gasteiger partial charge in [0.25, 0.3) is 0 Å². The van der Waals surface area contributed by atoms with Crippen LogP contribution in [0.3, 0.4) is 0 Å². The predicted molar refractivity (Wildman–Crippen MR) is 56.9 cm³/mol. The van der Waals surface area contributed by atoms with Crippen LogP contribution in [0, 0.1) is 0 Å². The van der Waals surface area contributed by atoms with Gasteiger partial charge in [-0.3, -0.25) is 4.98 Å². The molecule has 0 saturated heterocycles. The lowest BCUT2D eigenvalue weighted by Crippen LogP contribution is -2.05. The summed E-state index contributed by atoms with van der Waals surface area (Å²) in [6.45, 7) is 0. The Morgan fingerprint density at radius 1 is 1.50 bits per heavy atom. The Morgan fingerprint density at radius 3 is 2.79 bits per heavy atom. The average molecular weight is 233 g/mol.